The van der Waals surface area contributed by atoms with Crippen molar-refractivity contribution in [2.75, 3.05) is 18.4 Å². The maximum atomic E-state index is 4.67. The summed E-state index contributed by atoms with van der Waals surface area (Å²) in [7, 11) is 0. The fourth-order valence-corrected chi connectivity index (χ4v) is 6.45. The second-order valence-corrected chi connectivity index (χ2v) is 10.1. The van der Waals surface area contributed by atoms with E-state index in [2.05, 4.69) is 62.6 Å². The zero-order chi connectivity index (χ0) is 20.6. The van der Waals surface area contributed by atoms with E-state index in [1.807, 2.05) is 11.3 Å². The summed E-state index contributed by atoms with van der Waals surface area (Å²) in [5.41, 5.74) is 2.93. The van der Waals surface area contributed by atoms with Crippen molar-refractivity contribution in [3.8, 4) is 0 Å². The molecule has 1 aliphatic carbocycles. The van der Waals surface area contributed by atoms with Crippen LogP contribution in [0.4, 0.5) is 5.82 Å². The van der Waals surface area contributed by atoms with E-state index < -0.39 is 0 Å². The predicted octanol–water partition coefficient (Wildman–Crippen LogP) is 5.80. The Morgan fingerprint density at radius 3 is 2.71 bits per heavy atom. The molecule has 6 rings (SSSR count). The Kier molecular flexibility index (Phi) is 5.09. The van der Waals surface area contributed by atoms with Crippen molar-refractivity contribution in [3.63, 3.8) is 0 Å². The molecule has 3 heterocycles. The molecule has 1 aliphatic heterocycles. The molecule has 4 aromatic rings. The number of piperidine rings is 1. The van der Waals surface area contributed by atoms with Gasteiger partial charge in [0.25, 0.3) is 0 Å². The molecule has 0 bridgehead atoms. The first-order valence-corrected chi connectivity index (χ1v) is 12.4. The van der Waals surface area contributed by atoms with Crippen LogP contribution in [0.25, 0.3) is 21.0 Å². The van der Waals surface area contributed by atoms with Gasteiger partial charge < -0.3 is 5.32 Å². The molecule has 0 unspecified atom stereocenters. The van der Waals surface area contributed by atoms with Crippen LogP contribution in [0.1, 0.15) is 41.7 Å². The highest BCUT2D eigenvalue weighted by Crippen LogP contribution is 2.38. The smallest absolute Gasteiger partial charge is 0.138 e. The number of aryl methyl sites for hydroxylation is 2. The first-order valence-electron chi connectivity index (χ1n) is 11.6. The lowest BCUT2D eigenvalue weighted by Gasteiger charge is -2.32. The normalized spacial score (nSPS) is 17.8. The van der Waals surface area contributed by atoms with E-state index in [9.17, 15) is 0 Å². The molecule has 1 fully saturated rings. The Morgan fingerprint density at radius 2 is 1.81 bits per heavy atom. The van der Waals surface area contributed by atoms with E-state index in [0.717, 1.165) is 43.1 Å². The Morgan fingerprint density at radius 1 is 0.968 bits per heavy atom. The molecule has 158 valence electrons. The van der Waals surface area contributed by atoms with Gasteiger partial charge in [-0.2, -0.15) is 0 Å². The largest absolute Gasteiger partial charge is 0.367 e. The second-order valence-electron chi connectivity index (χ2n) is 8.99. The van der Waals surface area contributed by atoms with Gasteiger partial charge >= 0.3 is 0 Å². The molecular weight excluding hydrogens is 400 g/mol. The van der Waals surface area contributed by atoms with Crippen molar-refractivity contribution < 1.29 is 0 Å². The Hall–Kier alpha value is -2.50. The molecule has 2 aliphatic rings. The van der Waals surface area contributed by atoms with Gasteiger partial charge in [0.1, 0.15) is 17.0 Å². The topological polar surface area (TPSA) is 41.0 Å². The Labute approximate surface area is 187 Å². The van der Waals surface area contributed by atoms with E-state index in [4.69, 9.17) is 0 Å². The maximum Gasteiger partial charge on any atom is 0.138 e. The molecule has 5 heteroatoms. The van der Waals surface area contributed by atoms with Crippen molar-refractivity contribution in [1.82, 2.24) is 14.9 Å². The molecule has 0 spiro atoms. The Bertz CT molecular complexity index is 1220. The van der Waals surface area contributed by atoms with Crippen LogP contribution in [0.2, 0.25) is 0 Å². The molecule has 0 atom stereocenters. The lowest BCUT2D eigenvalue weighted by Crippen LogP contribution is -2.38. The molecule has 31 heavy (non-hydrogen) atoms. The van der Waals surface area contributed by atoms with E-state index in [1.165, 1.54) is 57.8 Å². The van der Waals surface area contributed by atoms with Crippen molar-refractivity contribution >= 4 is 38.1 Å². The third-order valence-corrected chi connectivity index (χ3v) is 8.10. The number of benzene rings is 2. The minimum atomic E-state index is 0.491. The van der Waals surface area contributed by atoms with Crippen molar-refractivity contribution in [1.29, 1.82) is 0 Å². The van der Waals surface area contributed by atoms with E-state index in [1.54, 1.807) is 6.33 Å². The van der Waals surface area contributed by atoms with Crippen LogP contribution >= 0.6 is 11.3 Å². The molecule has 4 nitrogen and oxygen atoms in total. The summed E-state index contributed by atoms with van der Waals surface area (Å²) >= 11 is 1.88. The summed E-state index contributed by atoms with van der Waals surface area (Å²) in [5, 5.41) is 7.76. The van der Waals surface area contributed by atoms with Gasteiger partial charge in [-0.25, -0.2) is 9.97 Å². The van der Waals surface area contributed by atoms with Crippen molar-refractivity contribution in [2.24, 2.45) is 0 Å². The van der Waals surface area contributed by atoms with Crippen LogP contribution in [0, 0.1) is 0 Å². The van der Waals surface area contributed by atoms with Gasteiger partial charge in [-0.05, 0) is 66.5 Å². The van der Waals surface area contributed by atoms with E-state index >= 15 is 0 Å². The van der Waals surface area contributed by atoms with Crippen LogP contribution in [0.3, 0.4) is 0 Å². The number of thiophene rings is 1. The van der Waals surface area contributed by atoms with Gasteiger partial charge in [-0.3, -0.25) is 4.90 Å². The minimum Gasteiger partial charge on any atom is -0.367 e. The summed E-state index contributed by atoms with van der Waals surface area (Å²) in [6.07, 6.45) is 9.05. The monoisotopic (exact) mass is 428 g/mol. The van der Waals surface area contributed by atoms with Crippen LogP contribution in [-0.2, 0) is 19.4 Å². The average molecular weight is 429 g/mol. The highest BCUT2D eigenvalue weighted by Gasteiger charge is 2.23. The number of rotatable bonds is 4. The number of fused-ring (bicyclic) bond motifs is 4. The maximum absolute atomic E-state index is 4.67. The highest BCUT2D eigenvalue weighted by molar-refractivity contribution is 7.19. The Balaban J connectivity index is 1.13. The highest BCUT2D eigenvalue weighted by atomic mass is 32.1. The van der Waals surface area contributed by atoms with Gasteiger partial charge in [0.05, 0.1) is 5.39 Å². The second kappa shape index (κ2) is 8.21. The minimum absolute atomic E-state index is 0.491. The first-order chi connectivity index (χ1) is 15.3. The predicted molar refractivity (Wildman–Crippen MR) is 130 cm³/mol. The standard InChI is InChI=1S/C26H28N4S/c1-2-6-20-15-18(9-10-19(20)5-1)16-30-13-11-21(12-14-30)29-25-24-22-7-3-4-8-23(22)31-26(24)28-17-27-25/h1-2,5-6,9-10,15,17,21H,3-4,7-8,11-14,16H2,(H,27,28,29). The molecule has 2 aromatic heterocycles. The van der Waals surface area contributed by atoms with Gasteiger partial charge in [0, 0.05) is 30.6 Å². The molecular formula is C26H28N4S. The number of anilines is 1. The summed E-state index contributed by atoms with van der Waals surface area (Å²) < 4.78 is 0. The van der Waals surface area contributed by atoms with E-state index in [-0.39, 0.29) is 0 Å². The number of nitrogens with zero attached hydrogens (tertiary/aromatic N) is 3. The fraction of sp³-hybridized carbons (Fsp3) is 0.385. The van der Waals surface area contributed by atoms with E-state index in [0.29, 0.717) is 6.04 Å². The molecule has 0 saturated carbocycles. The van der Waals surface area contributed by atoms with Crippen molar-refractivity contribution in [2.45, 2.75) is 51.1 Å². The van der Waals surface area contributed by atoms with Gasteiger partial charge in [-0.15, -0.1) is 11.3 Å². The molecule has 1 saturated heterocycles. The van der Waals surface area contributed by atoms with Crippen LogP contribution < -0.4 is 5.32 Å². The lowest BCUT2D eigenvalue weighted by atomic mass is 9.96. The van der Waals surface area contributed by atoms with Gasteiger partial charge in [-0.1, -0.05) is 36.4 Å². The SMILES string of the molecule is c1ccc2cc(CN3CCC(Nc4ncnc5sc6c(c45)CCCC6)CC3)ccc2c1. The number of nitrogens with one attached hydrogen (secondary N) is 1. The number of likely N-dealkylation sites (tertiary alicyclic amines) is 1. The summed E-state index contributed by atoms with van der Waals surface area (Å²) in [6.45, 7) is 3.29. The summed E-state index contributed by atoms with van der Waals surface area (Å²) in [5.74, 6) is 1.07. The number of aromatic nitrogens is 2. The number of hydrogen-bond donors (Lipinski definition) is 1. The zero-order valence-electron chi connectivity index (χ0n) is 17.8. The third-order valence-electron chi connectivity index (χ3n) is 6.90. The van der Waals surface area contributed by atoms with Crippen molar-refractivity contribution in [3.05, 3.63) is 64.8 Å². The average Bonchev–Trinajstić information content (AvgIpc) is 3.20. The molecule has 0 radical (unpaired) electrons. The zero-order valence-corrected chi connectivity index (χ0v) is 18.6. The van der Waals surface area contributed by atoms with Gasteiger partial charge in [0.2, 0.25) is 0 Å². The van der Waals surface area contributed by atoms with Gasteiger partial charge in [0.15, 0.2) is 0 Å². The van der Waals surface area contributed by atoms with Crippen LogP contribution in [-0.4, -0.2) is 34.0 Å². The summed E-state index contributed by atoms with van der Waals surface area (Å²) in [4.78, 5) is 14.5. The number of hydrogen-bond acceptors (Lipinski definition) is 5. The fourth-order valence-electron chi connectivity index (χ4n) is 5.22. The first kappa shape index (κ1) is 19.2. The molecule has 2 aromatic carbocycles. The van der Waals surface area contributed by atoms with Crippen LogP contribution in [0.15, 0.2) is 48.8 Å². The summed E-state index contributed by atoms with van der Waals surface area (Å²) in [6, 6.07) is 16.0. The lowest BCUT2D eigenvalue weighted by molar-refractivity contribution is 0.211. The molecule has 0 amide bonds. The molecule has 1 N–H and O–H groups in total. The van der Waals surface area contributed by atoms with Crippen LogP contribution in [0.5, 0.6) is 0 Å². The third kappa shape index (κ3) is 3.81. The quantitative estimate of drug-likeness (QED) is 0.446.